The van der Waals surface area contributed by atoms with Crippen LogP contribution in [0, 0.1) is 40.4 Å². The van der Waals surface area contributed by atoms with E-state index in [1.807, 2.05) is 27.7 Å². The van der Waals surface area contributed by atoms with Gasteiger partial charge in [-0.1, -0.05) is 27.7 Å². The second-order valence-corrected chi connectivity index (χ2v) is 21.9. The van der Waals surface area contributed by atoms with Crippen molar-refractivity contribution >= 4 is 32.2 Å². The Labute approximate surface area is 350 Å². The van der Waals surface area contributed by atoms with Crippen LogP contribution in [0.5, 0.6) is 0 Å². The monoisotopic (exact) mass is 906 g/mol. The molecular formula is C40H62F4O14S2-2. The van der Waals surface area contributed by atoms with Crippen molar-refractivity contribution in [1.29, 1.82) is 0 Å². The molecule has 60 heavy (non-hydrogen) atoms. The van der Waals surface area contributed by atoms with Crippen molar-refractivity contribution in [1.82, 2.24) is 0 Å². The summed E-state index contributed by atoms with van der Waals surface area (Å²) in [5.74, 6) is -0.657. The van der Waals surface area contributed by atoms with Crippen LogP contribution in [0.2, 0.25) is 0 Å². The van der Waals surface area contributed by atoms with Crippen molar-refractivity contribution in [2.75, 3.05) is 13.2 Å². The minimum absolute atomic E-state index is 0.146. The third-order valence-corrected chi connectivity index (χ3v) is 17.6. The average molecular weight is 907 g/mol. The molecule has 8 fully saturated rings. The Morgan fingerprint density at radius 1 is 0.650 bits per heavy atom. The molecule has 8 bridgehead atoms. The molecule has 0 radical (unpaired) electrons. The van der Waals surface area contributed by atoms with Crippen LogP contribution >= 0.6 is 0 Å². The van der Waals surface area contributed by atoms with Gasteiger partial charge in [-0.2, -0.15) is 17.6 Å². The highest BCUT2D eigenvalue weighted by atomic mass is 32.2. The topological polar surface area (TPSA) is 226 Å². The molecule has 8 rings (SSSR count). The fourth-order valence-corrected chi connectivity index (χ4v) is 14.0. The SMILES string of the molecule is CCC(O)(CC)C12CC3CC(C1)C(OCC(=O)OC(C)C(F)(F)S(=O)(=O)[O-])C(C3)C2.CCC(O)(CC)C12CC3CC(CC(OCC(=O)OC(C)C(F)(F)S(=O)(=O)[O-])(C3)C1)C2. The minimum Gasteiger partial charge on any atom is -0.743 e. The first-order chi connectivity index (χ1) is 27.5. The lowest BCUT2D eigenvalue weighted by Gasteiger charge is -2.65. The van der Waals surface area contributed by atoms with Gasteiger partial charge in [-0.3, -0.25) is 0 Å². The number of hydrogen-bond acceptors (Lipinski definition) is 14. The van der Waals surface area contributed by atoms with Crippen LogP contribution < -0.4 is 0 Å². The molecule has 14 nitrogen and oxygen atoms in total. The lowest BCUT2D eigenvalue weighted by atomic mass is 9.43. The maximum Gasteiger partial charge on any atom is 0.370 e. The Balaban J connectivity index is 0.000000228. The fraction of sp³-hybridized carbons (Fsp3) is 0.950. The Morgan fingerprint density at radius 3 is 1.47 bits per heavy atom. The second kappa shape index (κ2) is 17.0. The van der Waals surface area contributed by atoms with Crippen LogP contribution in [0.1, 0.15) is 138 Å². The molecule has 8 aliphatic rings. The first-order valence-corrected chi connectivity index (χ1v) is 24.1. The molecule has 0 saturated heterocycles. The highest BCUT2D eigenvalue weighted by Gasteiger charge is 2.65. The number of carbonyl (C=O) groups excluding carboxylic acids is 2. The summed E-state index contributed by atoms with van der Waals surface area (Å²) < 4.78 is 139. The molecule has 348 valence electrons. The molecule has 0 aromatic carbocycles. The molecule has 8 saturated carbocycles. The molecule has 6 atom stereocenters. The molecule has 6 unspecified atom stereocenters. The highest BCUT2D eigenvalue weighted by molar-refractivity contribution is 7.87. The van der Waals surface area contributed by atoms with E-state index in [0.717, 1.165) is 64.2 Å². The van der Waals surface area contributed by atoms with Crippen LogP contribution in [0.15, 0.2) is 0 Å². The van der Waals surface area contributed by atoms with Gasteiger partial charge in [0.25, 0.3) is 0 Å². The normalized spacial score (nSPS) is 34.8. The van der Waals surface area contributed by atoms with Crippen molar-refractivity contribution in [2.45, 2.75) is 183 Å². The van der Waals surface area contributed by atoms with Gasteiger partial charge in [-0.05, 0) is 140 Å². The Kier molecular flexibility index (Phi) is 14.0. The van der Waals surface area contributed by atoms with E-state index in [0.29, 0.717) is 63.7 Å². The number of ether oxygens (including phenoxy) is 4. The zero-order valence-electron chi connectivity index (χ0n) is 35.3. The summed E-state index contributed by atoms with van der Waals surface area (Å²) in [4.78, 5) is 24.0. The molecule has 0 aromatic rings. The maximum atomic E-state index is 13.6. The number of carbonyl (C=O) groups is 2. The zero-order chi connectivity index (χ0) is 45.1. The van der Waals surface area contributed by atoms with Gasteiger partial charge in [0.1, 0.15) is 13.2 Å². The van der Waals surface area contributed by atoms with Gasteiger partial charge < -0.3 is 38.3 Å². The third kappa shape index (κ3) is 9.01. The molecule has 8 aliphatic carbocycles. The number of rotatable bonds is 18. The van der Waals surface area contributed by atoms with E-state index in [1.54, 1.807) is 0 Å². The zero-order valence-corrected chi connectivity index (χ0v) is 36.9. The molecule has 20 heteroatoms. The quantitative estimate of drug-likeness (QED) is 0.0945. The average Bonchev–Trinajstić information content (AvgIpc) is 3.14. The van der Waals surface area contributed by atoms with Gasteiger partial charge in [0.2, 0.25) is 0 Å². The maximum absolute atomic E-state index is 13.6. The van der Waals surface area contributed by atoms with Crippen LogP contribution in [-0.4, -0.2) is 107 Å². The van der Waals surface area contributed by atoms with Crippen molar-refractivity contribution in [3.8, 4) is 0 Å². The van der Waals surface area contributed by atoms with E-state index in [-0.39, 0.29) is 28.8 Å². The summed E-state index contributed by atoms with van der Waals surface area (Å²) in [6.45, 7) is 8.09. The molecule has 0 heterocycles. The summed E-state index contributed by atoms with van der Waals surface area (Å²) in [6, 6.07) is 0. The van der Waals surface area contributed by atoms with E-state index in [2.05, 4.69) is 9.47 Å². The van der Waals surface area contributed by atoms with Crippen molar-refractivity contribution in [3.05, 3.63) is 0 Å². The van der Waals surface area contributed by atoms with E-state index in [1.165, 1.54) is 0 Å². The van der Waals surface area contributed by atoms with Gasteiger partial charge in [-0.25, -0.2) is 26.4 Å². The lowest BCUT2D eigenvalue weighted by molar-refractivity contribution is -0.248. The predicted octanol–water partition coefficient (Wildman–Crippen LogP) is 5.78. The molecule has 2 N–H and O–H groups in total. The van der Waals surface area contributed by atoms with Gasteiger partial charge >= 0.3 is 22.4 Å². The first kappa shape index (κ1) is 49.3. The fourth-order valence-electron chi connectivity index (χ4n) is 13.1. The van der Waals surface area contributed by atoms with Gasteiger partial charge in [0.05, 0.1) is 22.9 Å². The summed E-state index contributed by atoms with van der Waals surface area (Å²) >= 11 is 0. The second-order valence-electron chi connectivity index (χ2n) is 19.0. The van der Waals surface area contributed by atoms with Crippen molar-refractivity contribution in [2.24, 2.45) is 40.4 Å². The number of hydrogen-bond donors (Lipinski definition) is 2. The summed E-state index contributed by atoms with van der Waals surface area (Å²) in [5.41, 5.74) is -2.61. The molecule has 0 amide bonds. The van der Waals surface area contributed by atoms with E-state index in [9.17, 15) is 63.3 Å². The summed E-state index contributed by atoms with van der Waals surface area (Å²) in [7, 11) is -11.9. The number of aliphatic hydroxyl groups is 2. The predicted molar refractivity (Wildman–Crippen MR) is 203 cm³/mol. The van der Waals surface area contributed by atoms with E-state index >= 15 is 0 Å². The van der Waals surface area contributed by atoms with Crippen LogP contribution in [-0.2, 0) is 48.8 Å². The van der Waals surface area contributed by atoms with Crippen LogP contribution in [0.25, 0.3) is 0 Å². The van der Waals surface area contributed by atoms with Crippen LogP contribution in [0.4, 0.5) is 17.6 Å². The standard InChI is InChI=1S/2C20H32F2O7S/c1-4-19(24,5-2)17-7-14-6-15(8-17)10-18(9-14,12-17)28-11-16(23)29-13(3)20(21,22)30(25,26)27;1-4-19(24,5-2)18-8-13-6-14(9-18)17(15(7-13)10-18)28-11-16(23)29-12(3)20(21,22)30(25,26)27/h13-15,24H,4-12H2,1-3H3,(H,25,26,27);12-15,17,24H,4-11H2,1-3H3,(H,25,26,27)/p-2. The number of esters is 2. The van der Waals surface area contributed by atoms with E-state index < -0.39 is 84.9 Å². The largest absolute Gasteiger partial charge is 0.743 e. The lowest BCUT2D eigenvalue weighted by Crippen LogP contribution is -2.64. The molecule has 0 spiro atoms. The third-order valence-electron chi connectivity index (χ3n) is 15.6. The highest BCUT2D eigenvalue weighted by Crippen LogP contribution is 2.68. The Morgan fingerprint density at radius 2 is 1.05 bits per heavy atom. The minimum atomic E-state index is -5.96. The van der Waals surface area contributed by atoms with Crippen molar-refractivity contribution in [3.63, 3.8) is 0 Å². The number of alkyl halides is 4. The first-order valence-electron chi connectivity index (χ1n) is 21.3. The van der Waals surface area contributed by atoms with Gasteiger partial charge in [-0.15, -0.1) is 0 Å². The van der Waals surface area contributed by atoms with Crippen molar-refractivity contribution < 1.29 is 82.3 Å². The van der Waals surface area contributed by atoms with Crippen LogP contribution in [0.3, 0.4) is 0 Å². The smallest absolute Gasteiger partial charge is 0.370 e. The molecule has 0 aromatic heterocycles. The Hall–Kier alpha value is -1.68. The number of halogens is 4. The Bertz CT molecular complexity index is 1770. The molecule has 0 aliphatic heterocycles. The summed E-state index contributed by atoms with van der Waals surface area (Å²) in [5, 5.41) is 13.2. The van der Waals surface area contributed by atoms with Gasteiger partial charge in [0, 0.05) is 10.8 Å². The van der Waals surface area contributed by atoms with Gasteiger partial charge in [0.15, 0.2) is 32.4 Å². The molecular weight excluding hydrogens is 845 g/mol. The van der Waals surface area contributed by atoms with E-state index in [4.69, 9.17) is 9.47 Å². The summed E-state index contributed by atoms with van der Waals surface area (Å²) in [6.07, 6.45) is 7.06.